The van der Waals surface area contributed by atoms with Gasteiger partial charge in [0.2, 0.25) is 5.91 Å². The van der Waals surface area contributed by atoms with E-state index in [9.17, 15) is 4.79 Å². The second-order valence-corrected chi connectivity index (χ2v) is 3.51. The van der Waals surface area contributed by atoms with E-state index >= 15 is 0 Å². The molecule has 1 amide bonds. The standard InChI is InChI=1S/C10H18N4O/c1-3-8(11)5-10(15)13-9-6-12-14(4-2)7-9/h6-8H,3-5,11H2,1-2H3,(H,13,15). The summed E-state index contributed by atoms with van der Waals surface area (Å²) in [6.45, 7) is 4.75. The van der Waals surface area contributed by atoms with Gasteiger partial charge in [-0.3, -0.25) is 9.48 Å². The zero-order valence-corrected chi connectivity index (χ0v) is 9.23. The third kappa shape index (κ3) is 3.71. The van der Waals surface area contributed by atoms with E-state index in [1.165, 1.54) is 0 Å². The fourth-order valence-electron chi connectivity index (χ4n) is 1.20. The summed E-state index contributed by atoms with van der Waals surface area (Å²) in [6, 6.07) is -0.0637. The first-order valence-electron chi connectivity index (χ1n) is 5.23. The lowest BCUT2D eigenvalue weighted by Crippen LogP contribution is -2.26. The zero-order chi connectivity index (χ0) is 11.3. The van der Waals surface area contributed by atoms with Crippen molar-refractivity contribution in [1.82, 2.24) is 9.78 Å². The predicted molar refractivity (Wildman–Crippen MR) is 59.4 cm³/mol. The normalized spacial score (nSPS) is 12.5. The maximum Gasteiger partial charge on any atom is 0.226 e. The third-order valence-corrected chi connectivity index (χ3v) is 2.21. The molecular weight excluding hydrogens is 192 g/mol. The van der Waals surface area contributed by atoms with Gasteiger partial charge in [-0.1, -0.05) is 6.92 Å². The van der Waals surface area contributed by atoms with Gasteiger partial charge < -0.3 is 11.1 Å². The molecule has 0 aliphatic rings. The highest BCUT2D eigenvalue weighted by Crippen LogP contribution is 2.06. The lowest BCUT2D eigenvalue weighted by molar-refractivity contribution is -0.116. The fourth-order valence-corrected chi connectivity index (χ4v) is 1.20. The van der Waals surface area contributed by atoms with Crippen molar-refractivity contribution in [3.8, 4) is 0 Å². The van der Waals surface area contributed by atoms with Crippen LogP contribution in [0.4, 0.5) is 5.69 Å². The van der Waals surface area contributed by atoms with Gasteiger partial charge in [0.25, 0.3) is 0 Å². The Bertz CT molecular complexity index is 321. The molecule has 0 spiro atoms. The molecule has 0 bridgehead atoms. The molecule has 1 heterocycles. The Morgan fingerprint density at radius 2 is 2.40 bits per heavy atom. The Morgan fingerprint density at radius 1 is 1.67 bits per heavy atom. The number of amides is 1. The highest BCUT2D eigenvalue weighted by Gasteiger charge is 2.08. The van der Waals surface area contributed by atoms with E-state index in [4.69, 9.17) is 5.73 Å². The van der Waals surface area contributed by atoms with Crippen molar-refractivity contribution in [3.05, 3.63) is 12.4 Å². The number of carbonyl (C=O) groups excluding carboxylic acids is 1. The predicted octanol–water partition coefficient (Wildman–Crippen LogP) is 0.969. The number of hydrogen-bond donors (Lipinski definition) is 2. The molecule has 0 saturated heterocycles. The van der Waals surface area contributed by atoms with Crippen LogP contribution < -0.4 is 11.1 Å². The molecule has 5 heteroatoms. The fraction of sp³-hybridized carbons (Fsp3) is 0.600. The molecule has 1 aromatic heterocycles. The highest BCUT2D eigenvalue weighted by atomic mass is 16.1. The van der Waals surface area contributed by atoms with Crippen molar-refractivity contribution in [2.45, 2.75) is 39.3 Å². The van der Waals surface area contributed by atoms with E-state index in [-0.39, 0.29) is 11.9 Å². The summed E-state index contributed by atoms with van der Waals surface area (Å²) in [5.74, 6) is -0.0556. The molecule has 0 saturated carbocycles. The number of nitrogens with one attached hydrogen (secondary N) is 1. The molecule has 1 atom stereocenters. The largest absolute Gasteiger partial charge is 0.327 e. The van der Waals surface area contributed by atoms with Crippen molar-refractivity contribution in [1.29, 1.82) is 0 Å². The lowest BCUT2D eigenvalue weighted by Gasteiger charge is -2.07. The Hall–Kier alpha value is -1.36. The first-order chi connectivity index (χ1) is 7.15. The molecule has 3 N–H and O–H groups in total. The topological polar surface area (TPSA) is 72.9 Å². The monoisotopic (exact) mass is 210 g/mol. The number of rotatable bonds is 5. The van der Waals surface area contributed by atoms with Crippen LogP contribution in [-0.4, -0.2) is 21.7 Å². The van der Waals surface area contributed by atoms with Crippen LogP contribution in [0.5, 0.6) is 0 Å². The molecule has 1 aromatic rings. The number of carbonyl (C=O) groups is 1. The molecule has 84 valence electrons. The molecule has 1 unspecified atom stereocenters. The van der Waals surface area contributed by atoms with E-state index < -0.39 is 0 Å². The van der Waals surface area contributed by atoms with Gasteiger partial charge in [-0.15, -0.1) is 0 Å². The van der Waals surface area contributed by atoms with Gasteiger partial charge in [-0.2, -0.15) is 5.10 Å². The second-order valence-electron chi connectivity index (χ2n) is 3.51. The number of anilines is 1. The van der Waals surface area contributed by atoms with Gasteiger partial charge in [0.15, 0.2) is 0 Å². The Balaban J connectivity index is 2.44. The first kappa shape index (κ1) is 11.7. The van der Waals surface area contributed by atoms with Gasteiger partial charge in [0.1, 0.15) is 0 Å². The summed E-state index contributed by atoms with van der Waals surface area (Å²) in [5.41, 5.74) is 6.40. The van der Waals surface area contributed by atoms with Crippen molar-refractivity contribution in [2.24, 2.45) is 5.73 Å². The van der Waals surface area contributed by atoms with Crippen LogP contribution in [-0.2, 0) is 11.3 Å². The zero-order valence-electron chi connectivity index (χ0n) is 9.23. The molecule has 1 rings (SSSR count). The van der Waals surface area contributed by atoms with E-state index in [0.717, 1.165) is 18.7 Å². The molecule has 0 aromatic carbocycles. The minimum Gasteiger partial charge on any atom is -0.327 e. The maximum absolute atomic E-state index is 11.5. The van der Waals surface area contributed by atoms with Gasteiger partial charge in [0, 0.05) is 25.2 Å². The highest BCUT2D eigenvalue weighted by molar-refractivity contribution is 5.90. The van der Waals surface area contributed by atoms with Crippen molar-refractivity contribution >= 4 is 11.6 Å². The minimum atomic E-state index is -0.0637. The van der Waals surface area contributed by atoms with Crippen molar-refractivity contribution < 1.29 is 4.79 Å². The third-order valence-electron chi connectivity index (χ3n) is 2.21. The van der Waals surface area contributed by atoms with E-state index in [0.29, 0.717) is 6.42 Å². The van der Waals surface area contributed by atoms with Gasteiger partial charge in [0.05, 0.1) is 11.9 Å². The summed E-state index contributed by atoms with van der Waals surface area (Å²) in [4.78, 5) is 11.5. The molecule has 0 aliphatic carbocycles. The quantitative estimate of drug-likeness (QED) is 0.760. The lowest BCUT2D eigenvalue weighted by atomic mass is 10.1. The number of aryl methyl sites for hydroxylation is 1. The SMILES string of the molecule is CCC(N)CC(=O)Nc1cnn(CC)c1. The Kier molecular flexibility index (Phi) is 4.30. The van der Waals surface area contributed by atoms with Gasteiger partial charge in [-0.05, 0) is 13.3 Å². The minimum absolute atomic E-state index is 0.0556. The van der Waals surface area contributed by atoms with Crippen LogP contribution in [0, 0.1) is 0 Å². The van der Waals surface area contributed by atoms with Crippen molar-refractivity contribution in [3.63, 3.8) is 0 Å². The Labute approximate surface area is 89.6 Å². The number of hydrogen-bond acceptors (Lipinski definition) is 3. The number of aromatic nitrogens is 2. The smallest absolute Gasteiger partial charge is 0.226 e. The molecule has 0 fully saturated rings. The summed E-state index contributed by atoms with van der Waals surface area (Å²) in [6.07, 6.45) is 4.60. The Morgan fingerprint density at radius 3 is 2.93 bits per heavy atom. The van der Waals surface area contributed by atoms with E-state index in [2.05, 4.69) is 10.4 Å². The van der Waals surface area contributed by atoms with Gasteiger partial charge >= 0.3 is 0 Å². The summed E-state index contributed by atoms with van der Waals surface area (Å²) >= 11 is 0. The van der Waals surface area contributed by atoms with Crippen LogP contribution in [0.3, 0.4) is 0 Å². The number of nitrogens with zero attached hydrogens (tertiary/aromatic N) is 2. The molecular formula is C10H18N4O. The van der Waals surface area contributed by atoms with Crippen LogP contribution in [0.2, 0.25) is 0 Å². The summed E-state index contributed by atoms with van der Waals surface area (Å²) < 4.78 is 1.76. The maximum atomic E-state index is 11.5. The average molecular weight is 210 g/mol. The molecule has 0 radical (unpaired) electrons. The van der Waals surface area contributed by atoms with Crippen LogP contribution >= 0.6 is 0 Å². The number of nitrogens with two attached hydrogens (primary N) is 1. The van der Waals surface area contributed by atoms with E-state index in [1.807, 2.05) is 13.8 Å². The molecule has 0 aliphatic heterocycles. The molecule has 15 heavy (non-hydrogen) atoms. The summed E-state index contributed by atoms with van der Waals surface area (Å²) in [5, 5.41) is 6.82. The molecule has 5 nitrogen and oxygen atoms in total. The average Bonchev–Trinajstić information content (AvgIpc) is 2.65. The van der Waals surface area contributed by atoms with Gasteiger partial charge in [-0.25, -0.2) is 0 Å². The van der Waals surface area contributed by atoms with Crippen LogP contribution in [0.1, 0.15) is 26.7 Å². The second kappa shape index (κ2) is 5.50. The first-order valence-corrected chi connectivity index (χ1v) is 5.23. The summed E-state index contributed by atoms with van der Waals surface area (Å²) in [7, 11) is 0. The van der Waals surface area contributed by atoms with E-state index in [1.54, 1.807) is 17.1 Å². The van der Waals surface area contributed by atoms with Crippen LogP contribution in [0.25, 0.3) is 0 Å². The van der Waals surface area contributed by atoms with Crippen LogP contribution in [0.15, 0.2) is 12.4 Å². The van der Waals surface area contributed by atoms with Crippen molar-refractivity contribution in [2.75, 3.05) is 5.32 Å².